The average Bonchev–Trinajstić information content (AvgIpc) is 2.82. The van der Waals surface area contributed by atoms with Crippen LogP contribution in [-0.2, 0) is 14.4 Å². The van der Waals surface area contributed by atoms with Gasteiger partial charge in [0.05, 0.1) is 16.9 Å². The van der Waals surface area contributed by atoms with Gasteiger partial charge in [-0.05, 0) is 79.1 Å². The molecule has 34 heavy (non-hydrogen) atoms. The van der Waals surface area contributed by atoms with Gasteiger partial charge in [-0.25, -0.2) is 5.43 Å². The van der Waals surface area contributed by atoms with Crippen molar-refractivity contribution in [2.24, 2.45) is 5.10 Å². The van der Waals surface area contributed by atoms with Crippen LogP contribution in [0, 0.1) is 13.8 Å². The first-order chi connectivity index (χ1) is 16.3. The topological polar surface area (TPSA) is 109 Å². The van der Waals surface area contributed by atoms with Gasteiger partial charge in [0, 0.05) is 5.69 Å². The minimum Gasteiger partial charge on any atom is -0.484 e. The van der Waals surface area contributed by atoms with Crippen molar-refractivity contribution in [3.8, 4) is 5.75 Å². The fourth-order valence-corrected chi connectivity index (χ4v) is 2.96. The zero-order valence-corrected chi connectivity index (χ0v) is 19.3. The maximum absolute atomic E-state index is 12.1. The second-order valence-corrected chi connectivity index (χ2v) is 7.75. The van der Waals surface area contributed by atoms with Crippen molar-refractivity contribution >= 4 is 46.9 Å². The Morgan fingerprint density at radius 3 is 2.35 bits per heavy atom. The Kier molecular flexibility index (Phi) is 8.37. The van der Waals surface area contributed by atoms with Gasteiger partial charge in [-0.15, -0.1) is 0 Å². The molecule has 0 unspecified atom stereocenters. The maximum atomic E-state index is 12.1. The number of halogens is 1. The van der Waals surface area contributed by atoms with E-state index < -0.39 is 11.8 Å². The van der Waals surface area contributed by atoms with Crippen LogP contribution < -0.4 is 20.8 Å². The van der Waals surface area contributed by atoms with E-state index in [-0.39, 0.29) is 12.5 Å². The van der Waals surface area contributed by atoms with Crippen LogP contribution in [0.25, 0.3) is 0 Å². The van der Waals surface area contributed by atoms with Crippen LogP contribution in [0.3, 0.4) is 0 Å². The number of carbonyl (C=O) groups is 3. The molecular weight excluding hydrogens is 456 g/mol. The first kappa shape index (κ1) is 24.5. The van der Waals surface area contributed by atoms with Crippen LogP contribution in [0.5, 0.6) is 5.75 Å². The number of rotatable bonds is 7. The number of para-hydroxylation sites is 1. The molecule has 9 heteroatoms. The molecule has 174 valence electrons. The average molecular weight is 479 g/mol. The smallest absolute Gasteiger partial charge is 0.329 e. The molecule has 0 atom stereocenters. The number of carbonyl (C=O) groups excluding carboxylic acids is 3. The molecule has 3 rings (SSSR count). The molecule has 3 N–H and O–H groups in total. The summed E-state index contributed by atoms with van der Waals surface area (Å²) in [5, 5.41) is 9.28. The quantitative estimate of drug-likeness (QED) is 0.270. The molecule has 0 fully saturated rings. The Morgan fingerprint density at radius 2 is 1.65 bits per heavy atom. The lowest BCUT2D eigenvalue weighted by atomic mass is 10.1. The molecule has 0 spiro atoms. The van der Waals surface area contributed by atoms with Crippen LogP contribution in [0.4, 0.5) is 11.4 Å². The van der Waals surface area contributed by atoms with Crippen LogP contribution in [0.1, 0.15) is 16.7 Å². The van der Waals surface area contributed by atoms with Crippen molar-refractivity contribution in [1.82, 2.24) is 5.43 Å². The lowest BCUT2D eigenvalue weighted by Crippen LogP contribution is -2.32. The van der Waals surface area contributed by atoms with E-state index in [1.165, 1.54) is 6.21 Å². The molecule has 3 aromatic carbocycles. The first-order valence-corrected chi connectivity index (χ1v) is 10.7. The fraction of sp³-hybridized carbons (Fsp3) is 0.120. The number of nitrogens with one attached hydrogen (secondary N) is 3. The minimum absolute atomic E-state index is 0.142. The summed E-state index contributed by atoms with van der Waals surface area (Å²) in [7, 11) is 0. The Balaban J connectivity index is 1.44. The predicted molar refractivity (Wildman–Crippen MR) is 132 cm³/mol. The number of anilines is 2. The van der Waals surface area contributed by atoms with Crippen LogP contribution in [0.2, 0.25) is 5.02 Å². The lowest BCUT2D eigenvalue weighted by Gasteiger charge is -2.09. The van der Waals surface area contributed by atoms with Crippen LogP contribution in [-0.4, -0.2) is 30.5 Å². The Morgan fingerprint density at radius 1 is 0.912 bits per heavy atom. The Bertz CT molecular complexity index is 1230. The number of nitrogens with zero attached hydrogens (tertiary/aromatic N) is 1. The van der Waals surface area contributed by atoms with E-state index in [9.17, 15) is 14.4 Å². The molecule has 0 aliphatic rings. The molecule has 0 aliphatic carbocycles. The van der Waals surface area contributed by atoms with Crippen molar-refractivity contribution in [3.63, 3.8) is 0 Å². The third kappa shape index (κ3) is 7.18. The molecule has 0 saturated carbocycles. The molecule has 0 heterocycles. The van der Waals surface area contributed by atoms with Crippen LogP contribution >= 0.6 is 11.6 Å². The van der Waals surface area contributed by atoms with Gasteiger partial charge in [-0.3, -0.25) is 14.4 Å². The molecule has 0 aliphatic heterocycles. The van der Waals surface area contributed by atoms with Gasteiger partial charge in [0.25, 0.3) is 5.91 Å². The predicted octanol–water partition coefficient (Wildman–Crippen LogP) is 4.06. The second kappa shape index (κ2) is 11.6. The third-order valence-corrected chi connectivity index (χ3v) is 5.08. The maximum Gasteiger partial charge on any atom is 0.329 e. The van der Waals surface area contributed by atoms with E-state index in [4.69, 9.17) is 16.3 Å². The number of hydrogen-bond acceptors (Lipinski definition) is 5. The van der Waals surface area contributed by atoms with Gasteiger partial charge in [-0.1, -0.05) is 29.8 Å². The number of ether oxygens (including phenoxy) is 1. The van der Waals surface area contributed by atoms with Gasteiger partial charge in [0.15, 0.2) is 6.61 Å². The standard InChI is InChI=1S/C25H23ClN4O4/c1-16-7-10-19(13-17(16)2)28-23(31)15-34-20-11-8-18(9-12-20)14-27-30-25(33)24(32)29-22-6-4-3-5-21(22)26/h3-14H,15H2,1-2H3,(H,28,31)(H,29,32)(H,30,33)/b27-14-. The molecule has 0 saturated heterocycles. The van der Waals surface area contributed by atoms with Crippen molar-refractivity contribution < 1.29 is 19.1 Å². The van der Waals surface area contributed by atoms with Gasteiger partial charge in [-0.2, -0.15) is 5.10 Å². The molecule has 8 nitrogen and oxygen atoms in total. The highest BCUT2D eigenvalue weighted by atomic mass is 35.5. The van der Waals surface area contributed by atoms with Gasteiger partial charge in [0.2, 0.25) is 0 Å². The number of hydrazone groups is 1. The van der Waals surface area contributed by atoms with E-state index >= 15 is 0 Å². The normalized spacial score (nSPS) is 10.6. The summed E-state index contributed by atoms with van der Waals surface area (Å²) < 4.78 is 5.50. The van der Waals surface area contributed by atoms with Crippen molar-refractivity contribution in [2.75, 3.05) is 17.2 Å². The number of benzene rings is 3. The van der Waals surface area contributed by atoms with E-state index in [0.717, 1.165) is 11.1 Å². The monoisotopic (exact) mass is 478 g/mol. The summed E-state index contributed by atoms with van der Waals surface area (Å²) >= 11 is 5.95. The van der Waals surface area contributed by atoms with Crippen molar-refractivity contribution in [2.45, 2.75) is 13.8 Å². The molecular formula is C25H23ClN4O4. The summed E-state index contributed by atoms with van der Waals surface area (Å²) in [5.41, 5.74) is 6.08. The largest absolute Gasteiger partial charge is 0.484 e. The fourth-order valence-electron chi connectivity index (χ4n) is 2.77. The zero-order chi connectivity index (χ0) is 24.5. The highest BCUT2D eigenvalue weighted by Gasteiger charge is 2.14. The number of aryl methyl sites for hydroxylation is 2. The highest BCUT2D eigenvalue weighted by Crippen LogP contribution is 2.20. The SMILES string of the molecule is Cc1ccc(NC(=O)COc2ccc(/C=N\NC(=O)C(=O)Nc3ccccc3Cl)cc2)cc1C. The molecule has 3 aromatic rings. The Labute approximate surface area is 202 Å². The lowest BCUT2D eigenvalue weighted by molar-refractivity contribution is -0.136. The summed E-state index contributed by atoms with van der Waals surface area (Å²) in [6.45, 7) is 3.84. The van der Waals surface area contributed by atoms with Gasteiger partial charge in [0.1, 0.15) is 5.75 Å². The Hall–Kier alpha value is -4.17. The summed E-state index contributed by atoms with van der Waals surface area (Å²) in [5.74, 6) is -1.61. The molecule has 0 aromatic heterocycles. The second-order valence-electron chi connectivity index (χ2n) is 7.34. The third-order valence-electron chi connectivity index (χ3n) is 4.75. The first-order valence-electron chi connectivity index (χ1n) is 10.3. The summed E-state index contributed by atoms with van der Waals surface area (Å²) in [4.78, 5) is 35.9. The van der Waals surface area contributed by atoms with Crippen molar-refractivity contribution in [1.29, 1.82) is 0 Å². The molecule has 3 amide bonds. The zero-order valence-electron chi connectivity index (χ0n) is 18.6. The minimum atomic E-state index is -0.939. The number of amides is 3. The van der Waals surface area contributed by atoms with Crippen molar-refractivity contribution in [3.05, 3.63) is 88.4 Å². The molecule has 0 bridgehead atoms. The van der Waals surface area contributed by atoms with Crippen LogP contribution in [0.15, 0.2) is 71.8 Å². The molecule has 0 radical (unpaired) electrons. The van der Waals surface area contributed by atoms with Gasteiger partial charge < -0.3 is 15.4 Å². The van der Waals surface area contributed by atoms with E-state index in [2.05, 4.69) is 21.2 Å². The van der Waals surface area contributed by atoms with E-state index in [1.54, 1.807) is 48.5 Å². The van der Waals surface area contributed by atoms with E-state index in [1.807, 2.05) is 32.0 Å². The van der Waals surface area contributed by atoms with Gasteiger partial charge >= 0.3 is 11.8 Å². The highest BCUT2D eigenvalue weighted by molar-refractivity contribution is 6.41. The van der Waals surface area contributed by atoms with E-state index in [0.29, 0.717) is 27.7 Å². The summed E-state index contributed by atoms with van der Waals surface area (Å²) in [6, 6.07) is 19.0. The summed E-state index contributed by atoms with van der Waals surface area (Å²) in [6.07, 6.45) is 1.37. The number of hydrogen-bond donors (Lipinski definition) is 3.